The van der Waals surface area contributed by atoms with Crippen LogP contribution in [0.4, 0.5) is 0 Å². The van der Waals surface area contributed by atoms with E-state index in [0.29, 0.717) is 11.4 Å². The van der Waals surface area contributed by atoms with Gasteiger partial charge in [-0.1, -0.05) is 6.07 Å². The average Bonchev–Trinajstić information content (AvgIpc) is 3.24. The van der Waals surface area contributed by atoms with Gasteiger partial charge >= 0.3 is 0 Å². The fraction of sp³-hybridized carbons (Fsp3) is 0.211. The Morgan fingerprint density at radius 2 is 2.07 bits per heavy atom. The van der Waals surface area contributed by atoms with E-state index in [1.54, 1.807) is 20.0 Å². The Labute approximate surface area is 154 Å². The molecule has 136 valence electrons. The number of fused-ring (bicyclic) bond motifs is 2. The molecule has 0 saturated heterocycles. The minimum atomic E-state index is -0.433. The Hall–Kier alpha value is -3.55. The third kappa shape index (κ3) is 2.84. The highest BCUT2D eigenvalue weighted by Gasteiger charge is 2.16. The van der Waals surface area contributed by atoms with Gasteiger partial charge in [-0.15, -0.1) is 0 Å². The number of aliphatic imine (C=N–C) groups is 1. The molecule has 1 amide bonds. The molecule has 0 radical (unpaired) electrons. The van der Waals surface area contributed by atoms with Crippen LogP contribution in [0.15, 0.2) is 46.4 Å². The number of aryl methyl sites for hydroxylation is 1. The monoisotopic (exact) mass is 362 g/mol. The van der Waals surface area contributed by atoms with Gasteiger partial charge in [0.2, 0.25) is 0 Å². The summed E-state index contributed by atoms with van der Waals surface area (Å²) in [4.78, 5) is 33.3. The maximum atomic E-state index is 12.5. The van der Waals surface area contributed by atoms with E-state index in [1.165, 1.54) is 16.8 Å². The number of aromatic amines is 1. The SMILES string of the molecule is CCn1ncc2cc(-c3cc(=O)n4[nH]cc(C(=O)N=C(C)C)c4n3)ccc21. The number of benzene rings is 1. The van der Waals surface area contributed by atoms with Crippen molar-refractivity contribution in [2.24, 2.45) is 4.99 Å². The number of rotatable bonds is 3. The molecule has 0 aliphatic rings. The quantitative estimate of drug-likeness (QED) is 0.567. The molecule has 27 heavy (non-hydrogen) atoms. The predicted molar refractivity (Wildman–Crippen MR) is 103 cm³/mol. The zero-order valence-electron chi connectivity index (χ0n) is 15.2. The van der Waals surface area contributed by atoms with Gasteiger partial charge in [-0.05, 0) is 32.9 Å². The molecule has 8 heteroatoms. The zero-order chi connectivity index (χ0) is 19.1. The van der Waals surface area contributed by atoms with Gasteiger partial charge in [0.25, 0.3) is 11.5 Å². The molecule has 0 spiro atoms. The molecule has 0 saturated carbocycles. The van der Waals surface area contributed by atoms with E-state index >= 15 is 0 Å². The largest absolute Gasteiger partial charge is 0.296 e. The molecular weight excluding hydrogens is 344 g/mol. The van der Waals surface area contributed by atoms with E-state index in [9.17, 15) is 9.59 Å². The molecule has 0 bridgehead atoms. The summed E-state index contributed by atoms with van der Waals surface area (Å²) in [5.74, 6) is -0.433. The van der Waals surface area contributed by atoms with Crippen molar-refractivity contribution in [3.05, 3.63) is 52.6 Å². The fourth-order valence-electron chi connectivity index (χ4n) is 3.05. The van der Waals surface area contributed by atoms with Crippen LogP contribution in [0.3, 0.4) is 0 Å². The molecule has 0 fully saturated rings. The van der Waals surface area contributed by atoms with Gasteiger partial charge in [-0.25, -0.2) is 14.5 Å². The summed E-state index contributed by atoms with van der Waals surface area (Å²) in [5.41, 5.74) is 3.16. The van der Waals surface area contributed by atoms with Crippen LogP contribution in [-0.4, -0.2) is 36.0 Å². The predicted octanol–water partition coefficient (Wildman–Crippen LogP) is 2.68. The van der Waals surface area contributed by atoms with Crippen LogP contribution in [0.5, 0.6) is 0 Å². The van der Waals surface area contributed by atoms with Crippen molar-refractivity contribution < 1.29 is 4.79 Å². The molecule has 0 aliphatic heterocycles. The summed E-state index contributed by atoms with van der Waals surface area (Å²) in [6.45, 7) is 6.29. The summed E-state index contributed by atoms with van der Waals surface area (Å²) < 4.78 is 3.14. The molecule has 3 heterocycles. The number of amides is 1. The highest BCUT2D eigenvalue weighted by Crippen LogP contribution is 2.23. The summed E-state index contributed by atoms with van der Waals surface area (Å²) in [5, 5.41) is 8.07. The second kappa shape index (κ2) is 6.31. The molecule has 8 nitrogen and oxygen atoms in total. The van der Waals surface area contributed by atoms with E-state index in [0.717, 1.165) is 23.0 Å². The summed E-state index contributed by atoms with van der Waals surface area (Å²) in [6, 6.07) is 7.24. The lowest BCUT2D eigenvalue weighted by atomic mass is 10.1. The Balaban J connectivity index is 1.88. The number of nitrogens with one attached hydrogen (secondary N) is 1. The van der Waals surface area contributed by atoms with Crippen molar-refractivity contribution in [3.63, 3.8) is 0 Å². The smallest absolute Gasteiger partial charge is 0.282 e. The van der Waals surface area contributed by atoms with Crippen LogP contribution in [0.2, 0.25) is 0 Å². The lowest BCUT2D eigenvalue weighted by Gasteiger charge is -2.04. The van der Waals surface area contributed by atoms with Crippen molar-refractivity contribution in [2.45, 2.75) is 27.3 Å². The Kier molecular flexibility index (Phi) is 3.95. The first-order chi connectivity index (χ1) is 13.0. The molecule has 0 atom stereocenters. The number of aromatic nitrogens is 5. The highest BCUT2D eigenvalue weighted by molar-refractivity contribution is 6.06. The van der Waals surface area contributed by atoms with Gasteiger partial charge < -0.3 is 0 Å². The average molecular weight is 362 g/mol. The Morgan fingerprint density at radius 3 is 2.81 bits per heavy atom. The first kappa shape index (κ1) is 16.9. The third-order valence-corrected chi connectivity index (χ3v) is 4.29. The molecule has 3 aromatic heterocycles. The lowest BCUT2D eigenvalue weighted by Crippen LogP contribution is -2.15. The molecule has 0 unspecified atom stereocenters. The summed E-state index contributed by atoms with van der Waals surface area (Å²) >= 11 is 0. The minimum absolute atomic E-state index is 0.259. The van der Waals surface area contributed by atoms with Gasteiger partial charge in [-0.2, -0.15) is 5.10 Å². The number of hydrogen-bond donors (Lipinski definition) is 1. The molecule has 1 N–H and O–H groups in total. The zero-order valence-corrected chi connectivity index (χ0v) is 15.2. The van der Waals surface area contributed by atoms with Crippen molar-refractivity contribution in [1.29, 1.82) is 0 Å². The fourth-order valence-corrected chi connectivity index (χ4v) is 3.05. The van der Waals surface area contributed by atoms with Crippen LogP contribution in [0, 0.1) is 0 Å². The summed E-state index contributed by atoms with van der Waals surface area (Å²) in [6.07, 6.45) is 3.24. The van der Waals surface area contributed by atoms with Gasteiger partial charge in [0, 0.05) is 35.5 Å². The standard InChI is InChI=1S/C19H18N6O2/c1-4-24-16-6-5-12(7-13(16)9-20-24)15-8-17(26)25-18(23-15)14(10-21-25)19(27)22-11(2)3/h5-10,21H,4H2,1-3H3. The van der Waals surface area contributed by atoms with Crippen molar-refractivity contribution in [2.75, 3.05) is 0 Å². The lowest BCUT2D eigenvalue weighted by molar-refractivity contribution is 0.100. The first-order valence-electron chi connectivity index (χ1n) is 8.61. The topological polar surface area (TPSA) is 97.4 Å². The van der Waals surface area contributed by atoms with Crippen molar-refractivity contribution >= 4 is 28.2 Å². The minimum Gasteiger partial charge on any atom is -0.296 e. The maximum absolute atomic E-state index is 12.5. The van der Waals surface area contributed by atoms with E-state index in [4.69, 9.17) is 0 Å². The third-order valence-electron chi connectivity index (χ3n) is 4.29. The summed E-state index contributed by atoms with van der Waals surface area (Å²) in [7, 11) is 0. The number of hydrogen-bond acceptors (Lipinski definition) is 4. The maximum Gasteiger partial charge on any atom is 0.282 e. The van der Waals surface area contributed by atoms with Gasteiger partial charge in [0.05, 0.1) is 17.4 Å². The second-order valence-electron chi connectivity index (χ2n) is 6.42. The van der Waals surface area contributed by atoms with Gasteiger partial charge in [-0.3, -0.25) is 19.4 Å². The van der Waals surface area contributed by atoms with E-state index in [-0.39, 0.29) is 16.8 Å². The van der Waals surface area contributed by atoms with Crippen LogP contribution in [0.1, 0.15) is 31.1 Å². The van der Waals surface area contributed by atoms with Crippen LogP contribution in [0.25, 0.3) is 27.8 Å². The number of H-pyrrole nitrogens is 1. The first-order valence-corrected chi connectivity index (χ1v) is 8.61. The van der Waals surface area contributed by atoms with Crippen LogP contribution in [-0.2, 0) is 6.54 Å². The van der Waals surface area contributed by atoms with Crippen molar-refractivity contribution in [3.8, 4) is 11.3 Å². The number of carbonyl (C=O) groups is 1. The van der Waals surface area contributed by atoms with E-state index < -0.39 is 5.91 Å². The van der Waals surface area contributed by atoms with Crippen LogP contribution >= 0.6 is 0 Å². The molecule has 0 aliphatic carbocycles. The normalized spacial score (nSPS) is 11.2. The molecule has 1 aromatic carbocycles. The number of carbonyl (C=O) groups excluding carboxylic acids is 1. The Bertz CT molecular complexity index is 1270. The molecule has 4 aromatic rings. The van der Waals surface area contributed by atoms with Gasteiger partial charge in [0.15, 0.2) is 5.65 Å². The molecule has 4 rings (SSSR count). The van der Waals surface area contributed by atoms with Crippen LogP contribution < -0.4 is 5.56 Å². The molecular formula is C19H18N6O2. The van der Waals surface area contributed by atoms with Crippen molar-refractivity contribution in [1.82, 2.24) is 24.4 Å². The second-order valence-corrected chi connectivity index (χ2v) is 6.42. The number of nitrogens with zero attached hydrogens (tertiary/aromatic N) is 5. The highest BCUT2D eigenvalue weighted by atomic mass is 16.1. The van der Waals surface area contributed by atoms with E-state index in [2.05, 4.69) is 20.2 Å². The van der Waals surface area contributed by atoms with E-state index in [1.807, 2.05) is 29.8 Å². The van der Waals surface area contributed by atoms with Gasteiger partial charge in [0.1, 0.15) is 5.56 Å². The Morgan fingerprint density at radius 1 is 1.26 bits per heavy atom.